The van der Waals surface area contributed by atoms with Crippen LogP contribution in [0.4, 0.5) is 9.93 Å². The molecule has 2 atom stereocenters. The summed E-state index contributed by atoms with van der Waals surface area (Å²) in [4.78, 5) is 43.5. The SMILES string of the molecule is Cc1nc(N2CCC[C@H]2C(=O)Oc2ccc(CC3SC(=O)NC3=O)cc2)sc1C. The van der Waals surface area contributed by atoms with E-state index in [1.54, 1.807) is 23.5 Å². The molecule has 4 rings (SSSR count). The number of esters is 1. The van der Waals surface area contributed by atoms with Crippen LogP contribution in [0.3, 0.4) is 0 Å². The first kappa shape index (κ1) is 19.9. The topological polar surface area (TPSA) is 88.6 Å². The zero-order valence-electron chi connectivity index (χ0n) is 16.1. The molecule has 2 fully saturated rings. The van der Waals surface area contributed by atoms with Gasteiger partial charge in [-0.05, 0) is 50.8 Å². The first-order chi connectivity index (χ1) is 13.9. The third-order valence-electron chi connectivity index (χ3n) is 5.12. The Labute approximate surface area is 176 Å². The highest BCUT2D eigenvalue weighted by Gasteiger charge is 2.34. The zero-order valence-corrected chi connectivity index (χ0v) is 17.8. The number of anilines is 1. The lowest BCUT2D eigenvalue weighted by Crippen LogP contribution is -2.38. The van der Waals surface area contributed by atoms with Gasteiger partial charge in [0.1, 0.15) is 11.8 Å². The van der Waals surface area contributed by atoms with Crippen LogP contribution in [0.15, 0.2) is 24.3 Å². The number of imide groups is 1. The molecule has 1 aromatic heterocycles. The van der Waals surface area contributed by atoms with Crippen LogP contribution in [0.25, 0.3) is 0 Å². The maximum absolute atomic E-state index is 12.8. The van der Waals surface area contributed by atoms with Crippen molar-refractivity contribution in [2.75, 3.05) is 11.4 Å². The van der Waals surface area contributed by atoms with Gasteiger partial charge in [0.2, 0.25) is 5.91 Å². The number of hydrogen-bond acceptors (Lipinski definition) is 8. The highest BCUT2D eigenvalue weighted by atomic mass is 32.2. The van der Waals surface area contributed by atoms with E-state index in [0.29, 0.717) is 12.2 Å². The minimum atomic E-state index is -0.409. The van der Waals surface area contributed by atoms with Crippen molar-refractivity contribution >= 4 is 45.3 Å². The van der Waals surface area contributed by atoms with Gasteiger partial charge < -0.3 is 9.64 Å². The van der Waals surface area contributed by atoms with E-state index in [-0.39, 0.29) is 23.2 Å². The number of thiazole rings is 1. The van der Waals surface area contributed by atoms with Crippen molar-refractivity contribution in [3.05, 3.63) is 40.4 Å². The molecule has 29 heavy (non-hydrogen) atoms. The molecule has 152 valence electrons. The zero-order chi connectivity index (χ0) is 20.5. The predicted octanol–water partition coefficient (Wildman–Crippen LogP) is 3.23. The van der Waals surface area contributed by atoms with Crippen LogP contribution in [0, 0.1) is 13.8 Å². The summed E-state index contributed by atoms with van der Waals surface area (Å²) in [5.74, 6) is -0.0710. The molecule has 9 heteroatoms. The fraction of sp³-hybridized carbons (Fsp3) is 0.400. The number of aromatic nitrogens is 1. The summed E-state index contributed by atoms with van der Waals surface area (Å²) >= 11 is 2.61. The first-order valence-corrected chi connectivity index (χ1v) is 11.1. The van der Waals surface area contributed by atoms with Gasteiger partial charge >= 0.3 is 5.97 Å². The Morgan fingerprint density at radius 1 is 1.28 bits per heavy atom. The first-order valence-electron chi connectivity index (χ1n) is 9.43. The van der Waals surface area contributed by atoms with Crippen LogP contribution in [-0.4, -0.2) is 39.9 Å². The number of rotatable bonds is 5. The van der Waals surface area contributed by atoms with E-state index in [1.165, 1.54) is 0 Å². The number of thioether (sulfide) groups is 1. The Balaban J connectivity index is 1.39. The molecule has 1 aromatic carbocycles. The van der Waals surface area contributed by atoms with Gasteiger partial charge in [0.05, 0.1) is 10.9 Å². The quantitative estimate of drug-likeness (QED) is 0.574. The molecule has 2 aliphatic rings. The van der Waals surface area contributed by atoms with Gasteiger partial charge in [0, 0.05) is 11.4 Å². The summed E-state index contributed by atoms with van der Waals surface area (Å²) in [5.41, 5.74) is 1.90. The van der Waals surface area contributed by atoms with E-state index in [0.717, 1.165) is 52.4 Å². The van der Waals surface area contributed by atoms with Gasteiger partial charge in [0.15, 0.2) is 5.13 Å². The van der Waals surface area contributed by atoms with Crippen molar-refractivity contribution in [1.29, 1.82) is 0 Å². The number of carbonyl (C=O) groups is 3. The second-order valence-electron chi connectivity index (χ2n) is 7.14. The molecule has 1 N–H and O–H groups in total. The third kappa shape index (κ3) is 4.30. The van der Waals surface area contributed by atoms with Gasteiger partial charge in [-0.2, -0.15) is 0 Å². The Bertz CT molecular complexity index is 938. The van der Waals surface area contributed by atoms with E-state index in [2.05, 4.69) is 10.3 Å². The molecule has 0 radical (unpaired) electrons. The van der Waals surface area contributed by atoms with Gasteiger partial charge in [-0.25, -0.2) is 9.78 Å². The second kappa shape index (κ2) is 8.16. The number of benzene rings is 1. The van der Waals surface area contributed by atoms with Gasteiger partial charge in [-0.3, -0.25) is 14.9 Å². The lowest BCUT2D eigenvalue weighted by molar-refractivity contribution is -0.135. The fourth-order valence-corrected chi connectivity index (χ4v) is 5.28. The molecule has 2 saturated heterocycles. The Morgan fingerprint density at radius 2 is 2.03 bits per heavy atom. The lowest BCUT2D eigenvalue weighted by atomic mass is 10.1. The van der Waals surface area contributed by atoms with Crippen LogP contribution in [0.1, 0.15) is 29.0 Å². The number of aryl methyl sites for hydroxylation is 2. The van der Waals surface area contributed by atoms with Gasteiger partial charge in [-0.1, -0.05) is 23.9 Å². The molecule has 1 unspecified atom stereocenters. The third-order valence-corrected chi connectivity index (χ3v) is 7.21. The fourth-order valence-electron chi connectivity index (χ4n) is 3.44. The van der Waals surface area contributed by atoms with E-state index >= 15 is 0 Å². The molecular weight excluding hydrogens is 410 g/mol. The molecule has 2 aliphatic heterocycles. The highest BCUT2D eigenvalue weighted by Crippen LogP contribution is 2.32. The van der Waals surface area contributed by atoms with Crippen molar-refractivity contribution in [3.63, 3.8) is 0 Å². The van der Waals surface area contributed by atoms with Crippen LogP contribution in [-0.2, 0) is 16.0 Å². The lowest BCUT2D eigenvalue weighted by Gasteiger charge is -2.22. The summed E-state index contributed by atoms with van der Waals surface area (Å²) in [6.07, 6.45) is 2.13. The minimum absolute atomic E-state index is 0.260. The number of carbonyl (C=O) groups excluding carboxylic acids is 3. The average molecular weight is 432 g/mol. The molecule has 2 aromatic rings. The van der Waals surface area contributed by atoms with E-state index < -0.39 is 5.25 Å². The monoisotopic (exact) mass is 431 g/mol. The summed E-state index contributed by atoms with van der Waals surface area (Å²) in [6, 6.07) is 6.76. The van der Waals surface area contributed by atoms with Crippen LogP contribution >= 0.6 is 23.1 Å². The standard InChI is InChI=1S/C20H21N3O4S2/c1-11-12(2)28-19(21-11)23-9-3-4-15(23)18(25)27-14-7-5-13(6-8-14)10-16-17(24)22-20(26)29-16/h5-8,15-16H,3-4,9-10H2,1-2H3,(H,22,24,26)/t15-,16?/m0/s1. The number of ether oxygens (including phenoxy) is 1. The molecule has 0 spiro atoms. The summed E-state index contributed by atoms with van der Waals surface area (Å²) in [5, 5.41) is 2.44. The molecule has 0 saturated carbocycles. The van der Waals surface area contributed by atoms with E-state index in [1.807, 2.05) is 30.9 Å². The number of hydrogen-bond donors (Lipinski definition) is 1. The summed E-state index contributed by atoms with van der Waals surface area (Å²) in [7, 11) is 0. The van der Waals surface area contributed by atoms with Crippen LogP contribution in [0.5, 0.6) is 5.75 Å². The second-order valence-corrected chi connectivity index (χ2v) is 9.50. The van der Waals surface area contributed by atoms with Crippen molar-refractivity contribution in [3.8, 4) is 5.75 Å². The Hall–Kier alpha value is -2.39. The Kier molecular flexibility index (Phi) is 5.60. The average Bonchev–Trinajstić information content (AvgIpc) is 3.37. The van der Waals surface area contributed by atoms with Crippen molar-refractivity contribution in [2.45, 2.75) is 44.4 Å². The number of nitrogens with one attached hydrogen (secondary N) is 1. The maximum atomic E-state index is 12.8. The minimum Gasteiger partial charge on any atom is -0.425 e. The van der Waals surface area contributed by atoms with Gasteiger partial charge in [0.25, 0.3) is 5.24 Å². The molecule has 0 aliphatic carbocycles. The Morgan fingerprint density at radius 3 is 2.66 bits per heavy atom. The van der Waals surface area contributed by atoms with Crippen molar-refractivity contribution in [2.24, 2.45) is 0 Å². The number of amides is 2. The van der Waals surface area contributed by atoms with Gasteiger partial charge in [-0.15, -0.1) is 11.3 Å². The number of nitrogens with zero attached hydrogens (tertiary/aromatic N) is 2. The van der Waals surface area contributed by atoms with Crippen molar-refractivity contribution < 1.29 is 19.1 Å². The summed E-state index contributed by atoms with van der Waals surface area (Å²) < 4.78 is 5.61. The molecule has 3 heterocycles. The predicted molar refractivity (Wildman–Crippen MR) is 113 cm³/mol. The van der Waals surface area contributed by atoms with Crippen LogP contribution < -0.4 is 15.0 Å². The largest absolute Gasteiger partial charge is 0.425 e. The molecule has 0 bridgehead atoms. The van der Waals surface area contributed by atoms with Crippen molar-refractivity contribution in [1.82, 2.24) is 10.3 Å². The smallest absolute Gasteiger partial charge is 0.334 e. The summed E-state index contributed by atoms with van der Waals surface area (Å²) in [6.45, 7) is 4.81. The van der Waals surface area contributed by atoms with E-state index in [4.69, 9.17) is 4.74 Å². The molecule has 2 amide bonds. The molecule has 7 nitrogen and oxygen atoms in total. The van der Waals surface area contributed by atoms with Crippen LogP contribution in [0.2, 0.25) is 0 Å². The normalized spacial score (nSPS) is 21.5. The maximum Gasteiger partial charge on any atom is 0.334 e. The molecular formula is C20H21N3O4S2. The highest BCUT2D eigenvalue weighted by molar-refractivity contribution is 8.15. The van der Waals surface area contributed by atoms with E-state index in [9.17, 15) is 14.4 Å².